The smallest absolute Gasteiger partial charge is 0.222 e. The number of amides is 1. The standard InChI is InChI=1S/C17H26N2O3/c1-13(2)22-15-5-3-4-14(10-15)6-7-19-17(20)11-16-12-18-8-9-21-16/h3-5,10,13,16,18H,6-9,11-12H2,1-2H3,(H,19,20)/t16-/m0/s1. The second kappa shape index (κ2) is 8.76. The van der Waals surface area contributed by atoms with E-state index in [4.69, 9.17) is 9.47 Å². The summed E-state index contributed by atoms with van der Waals surface area (Å²) in [7, 11) is 0. The second-order valence-electron chi connectivity index (χ2n) is 5.82. The van der Waals surface area contributed by atoms with E-state index in [1.54, 1.807) is 0 Å². The summed E-state index contributed by atoms with van der Waals surface area (Å²) in [5, 5.41) is 6.18. The van der Waals surface area contributed by atoms with Crippen LogP contribution in [-0.4, -0.2) is 44.4 Å². The molecule has 5 nitrogen and oxygen atoms in total. The largest absolute Gasteiger partial charge is 0.491 e. The summed E-state index contributed by atoms with van der Waals surface area (Å²) in [6.45, 7) is 6.95. The molecule has 1 aromatic rings. The van der Waals surface area contributed by atoms with Gasteiger partial charge in [-0.05, 0) is 38.0 Å². The van der Waals surface area contributed by atoms with Crippen molar-refractivity contribution in [2.75, 3.05) is 26.2 Å². The average Bonchev–Trinajstić information content (AvgIpc) is 2.48. The molecule has 1 amide bonds. The predicted octanol–water partition coefficient (Wildman–Crippen LogP) is 1.51. The number of ether oxygens (including phenoxy) is 2. The van der Waals surface area contributed by atoms with Gasteiger partial charge in [0.2, 0.25) is 5.91 Å². The van der Waals surface area contributed by atoms with E-state index in [0.717, 1.165) is 30.8 Å². The van der Waals surface area contributed by atoms with Crippen LogP contribution in [0.4, 0.5) is 0 Å². The number of nitrogens with one attached hydrogen (secondary N) is 2. The predicted molar refractivity (Wildman–Crippen MR) is 86.1 cm³/mol. The number of morpholine rings is 1. The summed E-state index contributed by atoms with van der Waals surface area (Å²) < 4.78 is 11.2. The van der Waals surface area contributed by atoms with Crippen molar-refractivity contribution in [1.82, 2.24) is 10.6 Å². The van der Waals surface area contributed by atoms with E-state index in [2.05, 4.69) is 10.6 Å². The van der Waals surface area contributed by atoms with Crippen molar-refractivity contribution in [2.24, 2.45) is 0 Å². The highest BCUT2D eigenvalue weighted by atomic mass is 16.5. The number of carbonyl (C=O) groups is 1. The number of benzene rings is 1. The lowest BCUT2D eigenvalue weighted by molar-refractivity contribution is -0.124. The van der Waals surface area contributed by atoms with Gasteiger partial charge in [-0.15, -0.1) is 0 Å². The molecule has 0 aliphatic carbocycles. The van der Waals surface area contributed by atoms with Gasteiger partial charge in [-0.2, -0.15) is 0 Å². The van der Waals surface area contributed by atoms with E-state index in [-0.39, 0.29) is 18.1 Å². The van der Waals surface area contributed by atoms with Gasteiger partial charge >= 0.3 is 0 Å². The molecule has 2 N–H and O–H groups in total. The normalized spacial score (nSPS) is 18.2. The summed E-state index contributed by atoms with van der Waals surface area (Å²) in [6, 6.07) is 8.01. The molecule has 1 atom stereocenters. The molecule has 2 rings (SSSR count). The Morgan fingerprint density at radius 2 is 2.36 bits per heavy atom. The van der Waals surface area contributed by atoms with Crippen LogP contribution in [0.1, 0.15) is 25.8 Å². The van der Waals surface area contributed by atoms with Crippen LogP contribution in [-0.2, 0) is 16.0 Å². The maximum Gasteiger partial charge on any atom is 0.222 e. The number of hydrogen-bond acceptors (Lipinski definition) is 4. The van der Waals surface area contributed by atoms with E-state index in [9.17, 15) is 4.79 Å². The maximum atomic E-state index is 11.9. The number of rotatable bonds is 7. The third-order valence-corrected chi connectivity index (χ3v) is 3.42. The molecule has 0 radical (unpaired) electrons. The lowest BCUT2D eigenvalue weighted by Crippen LogP contribution is -2.41. The van der Waals surface area contributed by atoms with Gasteiger partial charge in [-0.3, -0.25) is 4.79 Å². The minimum absolute atomic E-state index is 0.00322. The average molecular weight is 306 g/mol. The van der Waals surface area contributed by atoms with Gasteiger partial charge < -0.3 is 20.1 Å². The van der Waals surface area contributed by atoms with Gasteiger partial charge in [0.15, 0.2) is 0 Å². The summed E-state index contributed by atoms with van der Waals surface area (Å²) in [5.74, 6) is 0.920. The fourth-order valence-electron chi connectivity index (χ4n) is 2.42. The second-order valence-corrected chi connectivity index (χ2v) is 5.82. The summed E-state index contributed by atoms with van der Waals surface area (Å²) in [4.78, 5) is 11.9. The molecule has 5 heteroatoms. The van der Waals surface area contributed by atoms with E-state index in [1.165, 1.54) is 0 Å². The Labute approximate surface area is 132 Å². The highest BCUT2D eigenvalue weighted by Gasteiger charge is 2.16. The summed E-state index contributed by atoms with van der Waals surface area (Å²) >= 11 is 0. The minimum atomic E-state index is -0.00322. The van der Waals surface area contributed by atoms with Crippen molar-refractivity contribution in [1.29, 1.82) is 0 Å². The van der Waals surface area contributed by atoms with Crippen LogP contribution in [0.25, 0.3) is 0 Å². The summed E-state index contributed by atoms with van der Waals surface area (Å²) in [5.41, 5.74) is 1.16. The van der Waals surface area contributed by atoms with Crippen molar-refractivity contribution in [2.45, 2.75) is 38.9 Å². The van der Waals surface area contributed by atoms with Crippen molar-refractivity contribution < 1.29 is 14.3 Å². The lowest BCUT2D eigenvalue weighted by atomic mass is 10.1. The fourth-order valence-corrected chi connectivity index (χ4v) is 2.42. The lowest BCUT2D eigenvalue weighted by Gasteiger charge is -2.23. The van der Waals surface area contributed by atoms with Crippen LogP contribution in [0.3, 0.4) is 0 Å². The van der Waals surface area contributed by atoms with Gasteiger partial charge in [0.1, 0.15) is 5.75 Å². The van der Waals surface area contributed by atoms with Crippen LogP contribution in [0.15, 0.2) is 24.3 Å². The Bertz CT molecular complexity index is 471. The first-order valence-electron chi connectivity index (χ1n) is 7.98. The fraction of sp³-hybridized carbons (Fsp3) is 0.588. The molecule has 0 bridgehead atoms. The molecular weight excluding hydrogens is 280 g/mol. The number of carbonyl (C=O) groups excluding carboxylic acids is 1. The Kier molecular flexibility index (Phi) is 6.68. The van der Waals surface area contributed by atoms with Crippen molar-refractivity contribution >= 4 is 5.91 Å². The molecule has 1 aliphatic rings. The zero-order valence-corrected chi connectivity index (χ0v) is 13.4. The molecule has 1 saturated heterocycles. The molecule has 0 unspecified atom stereocenters. The molecule has 1 heterocycles. The third kappa shape index (κ3) is 6.03. The maximum absolute atomic E-state index is 11.9. The summed E-state index contributed by atoms with van der Waals surface area (Å²) in [6.07, 6.45) is 1.38. The monoisotopic (exact) mass is 306 g/mol. The van der Waals surface area contributed by atoms with E-state index in [0.29, 0.717) is 19.6 Å². The SMILES string of the molecule is CC(C)Oc1cccc(CCNC(=O)C[C@H]2CNCCO2)c1. The topological polar surface area (TPSA) is 59.6 Å². The van der Waals surface area contributed by atoms with Gasteiger partial charge in [0.25, 0.3) is 0 Å². The Morgan fingerprint density at radius 3 is 3.09 bits per heavy atom. The van der Waals surface area contributed by atoms with Crippen molar-refractivity contribution in [3.8, 4) is 5.75 Å². The molecule has 0 spiro atoms. The third-order valence-electron chi connectivity index (χ3n) is 3.42. The highest BCUT2D eigenvalue weighted by molar-refractivity contribution is 5.76. The first kappa shape index (κ1) is 16.8. The first-order chi connectivity index (χ1) is 10.6. The highest BCUT2D eigenvalue weighted by Crippen LogP contribution is 2.15. The van der Waals surface area contributed by atoms with Gasteiger partial charge in [0.05, 0.1) is 25.2 Å². The Balaban J connectivity index is 1.70. The molecule has 22 heavy (non-hydrogen) atoms. The molecule has 0 saturated carbocycles. The Morgan fingerprint density at radius 1 is 1.50 bits per heavy atom. The van der Waals surface area contributed by atoms with Gasteiger partial charge in [-0.1, -0.05) is 12.1 Å². The first-order valence-corrected chi connectivity index (χ1v) is 7.98. The van der Waals surface area contributed by atoms with E-state index >= 15 is 0 Å². The van der Waals surface area contributed by atoms with Crippen molar-refractivity contribution in [3.63, 3.8) is 0 Å². The molecule has 0 aromatic heterocycles. The molecule has 1 fully saturated rings. The zero-order valence-electron chi connectivity index (χ0n) is 13.4. The molecule has 122 valence electrons. The number of hydrogen-bond donors (Lipinski definition) is 2. The van der Waals surface area contributed by atoms with Crippen LogP contribution >= 0.6 is 0 Å². The molecular formula is C17H26N2O3. The van der Waals surface area contributed by atoms with Crippen LogP contribution in [0.2, 0.25) is 0 Å². The Hall–Kier alpha value is -1.59. The van der Waals surface area contributed by atoms with Gasteiger partial charge in [-0.25, -0.2) is 0 Å². The van der Waals surface area contributed by atoms with Crippen LogP contribution < -0.4 is 15.4 Å². The van der Waals surface area contributed by atoms with Gasteiger partial charge in [0, 0.05) is 19.6 Å². The zero-order chi connectivity index (χ0) is 15.8. The quantitative estimate of drug-likeness (QED) is 0.802. The minimum Gasteiger partial charge on any atom is -0.491 e. The van der Waals surface area contributed by atoms with E-state index < -0.39 is 0 Å². The molecule has 1 aliphatic heterocycles. The van der Waals surface area contributed by atoms with Crippen LogP contribution in [0, 0.1) is 0 Å². The van der Waals surface area contributed by atoms with Crippen LogP contribution in [0.5, 0.6) is 5.75 Å². The molecule has 1 aromatic carbocycles. The van der Waals surface area contributed by atoms with E-state index in [1.807, 2.05) is 38.1 Å². The van der Waals surface area contributed by atoms with Crippen molar-refractivity contribution in [3.05, 3.63) is 29.8 Å².